The molecule has 0 amide bonds. The summed E-state index contributed by atoms with van der Waals surface area (Å²) >= 11 is -2.99. The van der Waals surface area contributed by atoms with E-state index in [4.69, 9.17) is 0 Å². The molecule has 413 valence electrons. The third-order valence-electron chi connectivity index (χ3n) is 23.7. The molecule has 0 N–H and O–H groups in total. The summed E-state index contributed by atoms with van der Waals surface area (Å²) in [6.45, 7) is 5.79. The molecule has 10 aromatic rings. The zero-order valence-corrected chi connectivity index (χ0v) is 52.8. The average molecular weight is 1180 g/mol. The van der Waals surface area contributed by atoms with Crippen molar-refractivity contribution in [2.45, 2.75) is 110 Å². The van der Waals surface area contributed by atoms with E-state index in [9.17, 15) is 0 Å². The molecule has 0 aliphatic heterocycles. The van der Waals surface area contributed by atoms with E-state index >= 15 is 0 Å². The predicted molar refractivity (Wildman–Crippen MR) is 355 cm³/mol. The Morgan fingerprint density at radius 1 is 0.321 bits per heavy atom. The van der Waals surface area contributed by atoms with Gasteiger partial charge in [0.15, 0.2) is 0 Å². The summed E-state index contributed by atoms with van der Waals surface area (Å²) in [4.78, 5) is 0. The van der Waals surface area contributed by atoms with Gasteiger partial charge in [0.2, 0.25) is 0 Å². The minimum absolute atomic E-state index is 0.411. The molecule has 0 heterocycles. The molecule has 0 spiro atoms. The molecule has 10 aliphatic rings. The normalized spacial score (nSPS) is 27.8. The Balaban J connectivity index is 0.933. The molecular weight excluding hydrogens is 1100 g/mol. The summed E-state index contributed by atoms with van der Waals surface area (Å²) in [6.07, 6.45) is 26.2. The predicted octanol–water partition coefficient (Wildman–Crippen LogP) is 22.4. The SMILES string of the molecule is C[SiH](C)[Zr]([CH]1C(CC23CC4CC(CC(C4)C2)C3)=Cc2c(-c3cccc4ccccc34)ccc(-c3cccc4ccccc34)c21)[CH]1C(CC23CC4CC(CC(C4)C2)C3)=Cc2c(-c3cccc4ccccc34)ccc(-c3cccc4ccccc34)c21. The Bertz CT molecular complexity index is 4040. The monoisotopic (exact) mass is 1180 g/mol. The second kappa shape index (κ2) is 19.7. The standard InChI is InChI=1S/2C40H35.C2H7Si.Zr/c2*1-3-11-32-30(7-1)9-5-13-34(32)36-15-16-37(35-14-6-10-31-8-2-4-12-33(31)35)39-21-29(20-38(36)39)25-40-22-26-17-27(23-40)19-28(18-26)24-40;1-3-2;/h2*1-16,20-21,26-28H,17-19,22-25H2;3H,1-2H3;. The van der Waals surface area contributed by atoms with Crippen LogP contribution in [-0.4, -0.2) is 5.92 Å². The van der Waals surface area contributed by atoms with Gasteiger partial charge in [-0.2, -0.15) is 0 Å². The summed E-state index contributed by atoms with van der Waals surface area (Å²) in [6, 6.07) is 76.5. The maximum absolute atomic E-state index is 2.99. The van der Waals surface area contributed by atoms with Crippen molar-refractivity contribution in [3.8, 4) is 44.5 Å². The first-order valence-electron chi connectivity index (χ1n) is 32.8. The molecule has 2 heteroatoms. The molecule has 20 rings (SSSR count). The van der Waals surface area contributed by atoms with Crippen LogP contribution >= 0.6 is 0 Å². The molecule has 10 aromatic carbocycles. The van der Waals surface area contributed by atoms with Crippen molar-refractivity contribution in [3.63, 3.8) is 0 Å². The molecule has 2 unspecified atom stereocenters. The van der Waals surface area contributed by atoms with Crippen molar-refractivity contribution in [2.24, 2.45) is 46.3 Å². The van der Waals surface area contributed by atoms with Gasteiger partial charge in [0.1, 0.15) is 0 Å². The first-order chi connectivity index (χ1) is 41.3. The molecule has 2 atom stereocenters. The van der Waals surface area contributed by atoms with E-state index < -0.39 is 26.8 Å². The van der Waals surface area contributed by atoms with E-state index in [1.54, 1.807) is 22.3 Å². The van der Waals surface area contributed by atoms with E-state index in [1.807, 2.05) is 11.1 Å². The van der Waals surface area contributed by atoms with E-state index in [1.165, 1.54) is 177 Å². The first-order valence-corrected chi connectivity index (χ1v) is 42.8. The van der Waals surface area contributed by atoms with Crippen LogP contribution in [0.3, 0.4) is 0 Å². The van der Waals surface area contributed by atoms with Gasteiger partial charge in [0.05, 0.1) is 0 Å². The van der Waals surface area contributed by atoms with Gasteiger partial charge in [0.25, 0.3) is 0 Å². The fourth-order valence-electron chi connectivity index (χ4n) is 21.7. The fraction of sp³-hybridized carbons (Fsp3) is 0.317. The van der Waals surface area contributed by atoms with Crippen LogP contribution < -0.4 is 0 Å². The van der Waals surface area contributed by atoms with E-state index in [-0.39, 0.29) is 0 Å². The van der Waals surface area contributed by atoms with Crippen molar-refractivity contribution >= 4 is 61.2 Å². The van der Waals surface area contributed by atoms with Gasteiger partial charge < -0.3 is 0 Å². The Morgan fingerprint density at radius 2 is 0.595 bits per heavy atom. The van der Waals surface area contributed by atoms with E-state index in [0.717, 1.165) is 35.5 Å². The molecule has 8 bridgehead atoms. The third-order valence-corrected chi connectivity index (χ3v) is 45.3. The van der Waals surface area contributed by atoms with Crippen LogP contribution in [0.1, 0.15) is 119 Å². The Hall–Kier alpha value is -6.18. The van der Waals surface area contributed by atoms with Crippen LogP contribution in [0, 0.1) is 46.3 Å². The molecule has 0 saturated heterocycles. The van der Waals surface area contributed by atoms with Crippen molar-refractivity contribution in [1.82, 2.24) is 0 Å². The second-order valence-corrected chi connectivity index (χ2v) is 49.3. The molecule has 10 aliphatic carbocycles. The van der Waals surface area contributed by atoms with Crippen LogP contribution in [0.25, 0.3) is 99.7 Å². The number of hydrogen-bond donors (Lipinski definition) is 0. The summed E-state index contributed by atoms with van der Waals surface area (Å²) in [5, 5.41) is 10.9. The number of hydrogen-bond acceptors (Lipinski definition) is 0. The van der Waals surface area contributed by atoms with Gasteiger partial charge in [-0.15, -0.1) is 0 Å². The second-order valence-electron chi connectivity index (χ2n) is 29.2. The molecule has 84 heavy (non-hydrogen) atoms. The van der Waals surface area contributed by atoms with Gasteiger partial charge in [-0.1, -0.05) is 0 Å². The van der Waals surface area contributed by atoms with Crippen LogP contribution in [0.2, 0.25) is 13.1 Å². The Kier molecular flexibility index (Phi) is 12.0. The zero-order chi connectivity index (χ0) is 55.4. The third kappa shape index (κ3) is 8.18. The molecule has 0 nitrogen and oxygen atoms in total. The topological polar surface area (TPSA) is 0 Å². The van der Waals surface area contributed by atoms with Crippen LogP contribution in [0.15, 0.2) is 205 Å². The Morgan fingerprint density at radius 3 is 0.905 bits per heavy atom. The van der Waals surface area contributed by atoms with Crippen molar-refractivity contribution in [1.29, 1.82) is 0 Å². The first kappa shape index (κ1) is 51.1. The number of allylic oxidation sites excluding steroid dienone is 2. The number of benzene rings is 10. The molecule has 8 fully saturated rings. The van der Waals surface area contributed by atoms with Crippen LogP contribution in [-0.2, 0) is 20.9 Å². The summed E-state index contributed by atoms with van der Waals surface area (Å²) in [5.41, 5.74) is 22.8. The van der Waals surface area contributed by atoms with E-state index in [2.05, 4.69) is 219 Å². The average Bonchev–Trinajstić information content (AvgIpc) is 1.66. The van der Waals surface area contributed by atoms with Crippen molar-refractivity contribution < 1.29 is 20.9 Å². The van der Waals surface area contributed by atoms with Gasteiger partial charge >= 0.3 is 511 Å². The molecular formula is C82H77SiZr. The summed E-state index contributed by atoms with van der Waals surface area (Å²) < 4.78 is 0.950. The number of rotatable bonds is 11. The van der Waals surface area contributed by atoms with Gasteiger partial charge in [-0.05, 0) is 0 Å². The molecule has 8 saturated carbocycles. The van der Waals surface area contributed by atoms with Crippen LogP contribution in [0.4, 0.5) is 0 Å². The maximum atomic E-state index is 2.96. The molecule has 0 aromatic heterocycles. The zero-order valence-electron chi connectivity index (χ0n) is 49.2. The fourth-order valence-corrected chi connectivity index (χ4v) is 44.3. The van der Waals surface area contributed by atoms with Gasteiger partial charge in [-0.3, -0.25) is 0 Å². The number of fused-ring (bicyclic) bond motifs is 6. The summed E-state index contributed by atoms with van der Waals surface area (Å²) in [7, 11) is 0. The van der Waals surface area contributed by atoms with Gasteiger partial charge in [0, 0.05) is 0 Å². The quantitative estimate of drug-likeness (QED) is 0.113. The van der Waals surface area contributed by atoms with E-state index in [0.29, 0.717) is 18.1 Å². The van der Waals surface area contributed by atoms with Gasteiger partial charge in [-0.25, -0.2) is 0 Å². The summed E-state index contributed by atoms with van der Waals surface area (Å²) in [5.74, 6) is 4.07. The van der Waals surface area contributed by atoms with Crippen molar-refractivity contribution in [3.05, 3.63) is 228 Å². The van der Waals surface area contributed by atoms with Crippen LogP contribution in [0.5, 0.6) is 0 Å². The Labute approximate surface area is 506 Å². The van der Waals surface area contributed by atoms with Crippen molar-refractivity contribution in [2.75, 3.05) is 0 Å². The molecule has 0 radical (unpaired) electrons. The minimum atomic E-state index is -2.99.